The van der Waals surface area contributed by atoms with Gasteiger partial charge >= 0.3 is 0 Å². The number of hydrogen-bond donors (Lipinski definition) is 2. The Labute approximate surface area is 177 Å². The lowest BCUT2D eigenvalue weighted by Crippen LogP contribution is -2.47. The van der Waals surface area contributed by atoms with E-state index in [1.54, 1.807) is 25.1 Å². The van der Waals surface area contributed by atoms with Crippen LogP contribution in [0.15, 0.2) is 46.9 Å². The Balaban J connectivity index is 1.62. The molecule has 2 aromatic carbocycles. The number of carbonyl (C=O) groups is 2. The van der Waals surface area contributed by atoms with E-state index in [4.69, 9.17) is 27.9 Å². The largest absolute Gasteiger partial charge is 0.480 e. The second-order valence-corrected chi connectivity index (χ2v) is 8.24. The Morgan fingerprint density at radius 3 is 2.59 bits per heavy atom. The van der Waals surface area contributed by atoms with E-state index < -0.39 is 17.9 Å². The molecule has 5 nitrogen and oxygen atoms in total. The van der Waals surface area contributed by atoms with E-state index in [0.717, 1.165) is 10.1 Å². The van der Waals surface area contributed by atoms with E-state index >= 15 is 0 Å². The number of hydrazine groups is 1. The Hall–Kier alpha value is -1.80. The number of thiophene rings is 1. The fraction of sp³-hybridized carbons (Fsp3) is 0.111. The number of ether oxygens (including phenoxy) is 1. The predicted molar refractivity (Wildman–Crippen MR) is 112 cm³/mol. The molecule has 3 rings (SSSR count). The van der Waals surface area contributed by atoms with Crippen molar-refractivity contribution in [2.45, 2.75) is 13.0 Å². The Morgan fingerprint density at radius 1 is 1.15 bits per heavy atom. The van der Waals surface area contributed by atoms with E-state index in [1.807, 2.05) is 24.3 Å². The average molecular weight is 488 g/mol. The van der Waals surface area contributed by atoms with Crippen LogP contribution in [0.3, 0.4) is 0 Å². The average Bonchev–Trinajstić information content (AvgIpc) is 2.99. The third kappa shape index (κ3) is 4.55. The molecule has 0 radical (unpaired) electrons. The molecule has 0 bridgehead atoms. The third-order valence-electron chi connectivity index (χ3n) is 3.61. The third-order valence-corrected chi connectivity index (χ3v) is 6.14. The summed E-state index contributed by atoms with van der Waals surface area (Å²) in [6.07, 6.45) is -0.847. The van der Waals surface area contributed by atoms with Crippen LogP contribution in [0.1, 0.15) is 16.6 Å². The van der Waals surface area contributed by atoms with Gasteiger partial charge in [0, 0.05) is 15.1 Å². The summed E-state index contributed by atoms with van der Waals surface area (Å²) >= 11 is 16.7. The molecule has 2 N–H and O–H groups in total. The van der Waals surface area contributed by atoms with Crippen molar-refractivity contribution in [2.24, 2.45) is 0 Å². The van der Waals surface area contributed by atoms with Gasteiger partial charge in [-0.15, -0.1) is 11.3 Å². The molecule has 140 valence electrons. The number of carbonyl (C=O) groups excluding carboxylic acids is 2. The minimum atomic E-state index is -0.847. The molecule has 0 aliphatic carbocycles. The SMILES string of the molecule is CC(Oc1ccc(Cl)cc1Br)C(=O)NNC(=O)c1sc2ccccc2c1Cl. The highest BCUT2D eigenvalue weighted by molar-refractivity contribution is 9.10. The molecule has 0 fully saturated rings. The molecule has 0 aliphatic heterocycles. The van der Waals surface area contributed by atoms with Crippen LogP contribution in [-0.4, -0.2) is 17.9 Å². The van der Waals surface area contributed by atoms with Gasteiger partial charge in [-0.05, 0) is 47.1 Å². The van der Waals surface area contributed by atoms with Crippen molar-refractivity contribution >= 4 is 72.4 Å². The van der Waals surface area contributed by atoms with E-state index in [9.17, 15) is 9.59 Å². The standard InChI is InChI=1S/C18H13BrCl2N2O3S/c1-9(26-13-7-6-10(20)8-12(13)19)17(24)22-23-18(25)16-15(21)11-4-2-3-5-14(11)27-16/h2-9H,1H3,(H,22,24)(H,23,25). The van der Waals surface area contributed by atoms with Crippen LogP contribution < -0.4 is 15.6 Å². The van der Waals surface area contributed by atoms with Crippen LogP contribution in [0, 0.1) is 0 Å². The predicted octanol–water partition coefficient (Wildman–Crippen LogP) is 5.20. The van der Waals surface area contributed by atoms with Gasteiger partial charge in [-0.1, -0.05) is 41.4 Å². The summed E-state index contributed by atoms with van der Waals surface area (Å²) in [5.41, 5.74) is 4.71. The first kappa shape index (κ1) is 19.9. The molecule has 9 heteroatoms. The molecule has 1 atom stereocenters. The summed E-state index contributed by atoms with van der Waals surface area (Å²) in [6, 6.07) is 12.4. The monoisotopic (exact) mass is 486 g/mol. The van der Waals surface area contributed by atoms with Crippen LogP contribution in [0.2, 0.25) is 10.0 Å². The summed E-state index contributed by atoms with van der Waals surface area (Å²) in [6.45, 7) is 1.56. The summed E-state index contributed by atoms with van der Waals surface area (Å²) in [5, 5.41) is 1.69. The van der Waals surface area contributed by atoms with Gasteiger partial charge in [0.15, 0.2) is 6.10 Å². The van der Waals surface area contributed by atoms with Crippen LogP contribution in [-0.2, 0) is 4.79 Å². The number of benzene rings is 2. The zero-order valence-corrected chi connectivity index (χ0v) is 17.8. The smallest absolute Gasteiger partial charge is 0.281 e. The summed E-state index contributed by atoms with van der Waals surface area (Å²) in [7, 11) is 0. The highest BCUT2D eigenvalue weighted by atomic mass is 79.9. The number of halogens is 3. The Kier molecular flexibility index (Phi) is 6.26. The molecular formula is C18H13BrCl2N2O3S. The van der Waals surface area contributed by atoms with Crippen molar-refractivity contribution in [3.8, 4) is 5.75 Å². The van der Waals surface area contributed by atoms with Gasteiger partial charge in [-0.25, -0.2) is 0 Å². The zero-order chi connectivity index (χ0) is 19.6. The molecule has 1 unspecified atom stereocenters. The quantitative estimate of drug-likeness (QED) is 0.497. The summed E-state index contributed by atoms with van der Waals surface area (Å²) < 4.78 is 7.09. The van der Waals surface area contributed by atoms with Gasteiger partial charge in [-0.2, -0.15) is 0 Å². The number of amides is 2. The van der Waals surface area contributed by atoms with Crippen molar-refractivity contribution in [3.63, 3.8) is 0 Å². The molecule has 1 aromatic heterocycles. The topological polar surface area (TPSA) is 67.4 Å². The number of rotatable bonds is 4. The zero-order valence-electron chi connectivity index (χ0n) is 13.9. The van der Waals surface area contributed by atoms with Crippen LogP contribution in [0.25, 0.3) is 10.1 Å². The second-order valence-electron chi connectivity index (χ2n) is 5.52. The molecular weight excluding hydrogens is 475 g/mol. The molecule has 1 heterocycles. The molecule has 2 amide bonds. The minimum Gasteiger partial charge on any atom is -0.480 e. The Bertz CT molecular complexity index is 1030. The normalized spacial score (nSPS) is 11.9. The second kappa shape index (κ2) is 8.48. The van der Waals surface area contributed by atoms with Crippen molar-refractivity contribution in [1.29, 1.82) is 0 Å². The fourth-order valence-corrected chi connectivity index (χ4v) is 4.44. The van der Waals surface area contributed by atoms with Crippen molar-refractivity contribution in [1.82, 2.24) is 10.9 Å². The minimum absolute atomic E-state index is 0.326. The Morgan fingerprint density at radius 2 is 1.89 bits per heavy atom. The van der Waals surface area contributed by atoms with Crippen LogP contribution in [0.4, 0.5) is 0 Å². The molecule has 27 heavy (non-hydrogen) atoms. The molecule has 0 saturated carbocycles. The lowest BCUT2D eigenvalue weighted by Gasteiger charge is -2.16. The molecule has 0 aliphatic rings. The maximum atomic E-state index is 12.3. The maximum absolute atomic E-state index is 12.3. The van der Waals surface area contributed by atoms with Gasteiger partial charge in [0.2, 0.25) is 0 Å². The van der Waals surface area contributed by atoms with Crippen LogP contribution in [0.5, 0.6) is 5.75 Å². The lowest BCUT2D eigenvalue weighted by atomic mass is 10.2. The molecule has 0 spiro atoms. The molecule has 3 aromatic rings. The van der Waals surface area contributed by atoms with E-state index in [0.29, 0.717) is 25.1 Å². The van der Waals surface area contributed by atoms with Gasteiger partial charge in [0.1, 0.15) is 10.6 Å². The fourth-order valence-electron chi connectivity index (χ4n) is 2.25. The van der Waals surface area contributed by atoms with Crippen molar-refractivity contribution in [2.75, 3.05) is 0 Å². The van der Waals surface area contributed by atoms with Crippen LogP contribution >= 0.6 is 50.5 Å². The van der Waals surface area contributed by atoms with Gasteiger partial charge in [-0.3, -0.25) is 20.4 Å². The van der Waals surface area contributed by atoms with Gasteiger partial charge < -0.3 is 4.74 Å². The van der Waals surface area contributed by atoms with Crippen molar-refractivity contribution in [3.05, 3.63) is 61.9 Å². The van der Waals surface area contributed by atoms with Crippen molar-refractivity contribution < 1.29 is 14.3 Å². The first-order valence-corrected chi connectivity index (χ1v) is 10.1. The highest BCUT2D eigenvalue weighted by Crippen LogP contribution is 2.35. The van der Waals surface area contributed by atoms with E-state index in [1.165, 1.54) is 11.3 Å². The lowest BCUT2D eigenvalue weighted by molar-refractivity contribution is -0.128. The highest BCUT2D eigenvalue weighted by Gasteiger charge is 2.20. The number of hydrogen-bond acceptors (Lipinski definition) is 4. The first-order valence-electron chi connectivity index (χ1n) is 7.75. The summed E-state index contributed by atoms with van der Waals surface area (Å²) in [5.74, 6) is -0.544. The number of nitrogens with one attached hydrogen (secondary N) is 2. The van der Waals surface area contributed by atoms with Gasteiger partial charge in [0.25, 0.3) is 11.8 Å². The summed E-state index contributed by atoms with van der Waals surface area (Å²) in [4.78, 5) is 24.9. The number of fused-ring (bicyclic) bond motifs is 1. The maximum Gasteiger partial charge on any atom is 0.281 e. The van der Waals surface area contributed by atoms with Gasteiger partial charge in [0.05, 0.1) is 9.50 Å². The molecule has 0 saturated heterocycles. The van der Waals surface area contributed by atoms with E-state index in [-0.39, 0.29) is 0 Å². The van der Waals surface area contributed by atoms with E-state index in [2.05, 4.69) is 26.8 Å². The first-order chi connectivity index (χ1) is 12.9.